The van der Waals surface area contributed by atoms with Crippen molar-refractivity contribution in [2.24, 2.45) is 0 Å². The largest absolute Gasteiger partial charge is 0.416 e. The van der Waals surface area contributed by atoms with Crippen molar-refractivity contribution < 1.29 is 35.9 Å². The lowest BCUT2D eigenvalue weighted by molar-refractivity contribution is -0.143. The zero-order valence-corrected chi connectivity index (χ0v) is 25.2. The van der Waals surface area contributed by atoms with Gasteiger partial charge in [0.05, 0.1) is 35.4 Å². The molecule has 46 heavy (non-hydrogen) atoms. The van der Waals surface area contributed by atoms with Crippen LogP contribution in [0.15, 0.2) is 109 Å². The van der Waals surface area contributed by atoms with Crippen LogP contribution >= 0.6 is 0 Å². The smallest absolute Gasteiger partial charge is 0.374 e. The number of carbonyl (C=O) groups is 1. The molecule has 1 amide bonds. The van der Waals surface area contributed by atoms with Crippen molar-refractivity contribution in [3.8, 4) is 0 Å². The van der Waals surface area contributed by atoms with E-state index in [9.17, 15) is 31.1 Å². The van der Waals surface area contributed by atoms with Crippen molar-refractivity contribution in [2.45, 2.75) is 56.3 Å². The van der Waals surface area contributed by atoms with Gasteiger partial charge < -0.3 is 10.1 Å². The summed E-state index contributed by atoms with van der Waals surface area (Å²) >= 11 is 0. The Bertz CT molecular complexity index is 1580. The Morgan fingerprint density at radius 1 is 0.739 bits per heavy atom. The Morgan fingerprint density at radius 2 is 1.26 bits per heavy atom. The van der Waals surface area contributed by atoms with Crippen LogP contribution < -0.4 is 5.32 Å². The van der Waals surface area contributed by atoms with Crippen molar-refractivity contribution in [3.63, 3.8) is 0 Å². The van der Waals surface area contributed by atoms with E-state index in [0.29, 0.717) is 38.1 Å². The van der Waals surface area contributed by atoms with Gasteiger partial charge in [0, 0.05) is 20.0 Å². The van der Waals surface area contributed by atoms with Crippen molar-refractivity contribution in [2.75, 3.05) is 13.2 Å². The number of hydrogen-bond acceptors (Lipinski definition) is 3. The third-order valence-electron chi connectivity index (χ3n) is 8.56. The van der Waals surface area contributed by atoms with E-state index in [4.69, 9.17) is 4.74 Å². The van der Waals surface area contributed by atoms with Gasteiger partial charge in [-0.05, 0) is 53.3 Å². The van der Waals surface area contributed by atoms with E-state index in [1.54, 1.807) is 0 Å². The van der Waals surface area contributed by atoms with Crippen LogP contribution in [-0.4, -0.2) is 24.0 Å². The molecule has 0 saturated carbocycles. The molecule has 5 rings (SSSR count). The zero-order valence-electron chi connectivity index (χ0n) is 25.2. The number of carbonyl (C=O) groups excluding carboxylic acids is 1. The molecule has 0 radical (unpaired) electrons. The van der Waals surface area contributed by atoms with E-state index >= 15 is 0 Å². The van der Waals surface area contributed by atoms with Crippen molar-refractivity contribution in [1.82, 2.24) is 10.2 Å². The highest BCUT2D eigenvalue weighted by molar-refractivity contribution is 5.74. The lowest BCUT2D eigenvalue weighted by Gasteiger charge is -2.54. The molecule has 2 atom stereocenters. The van der Waals surface area contributed by atoms with Gasteiger partial charge in [0.1, 0.15) is 0 Å². The summed E-state index contributed by atoms with van der Waals surface area (Å²) in [7, 11) is 0. The molecule has 4 aromatic rings. The minimum Gasteiger partial charge on any atom is -0.374 e. The fraction of sp³-hybridized carbons (Fsp3) is 0.306. The Kier molecular flexibility index (Phi) is 9.60. The van der Waals surface area contributed by atoms with E-state index in [-0.39, 0.29) is 24.1 Å². The molecule has 1 fully saturated rings. The van der Waals surface area contributed by atoms with Gasteiger partial charge in [-0.25, -0.2) is 0 Å². The maximum atomic E-state index is 13.5. The molecule has 1 aliphatic heterocycles. The Morgan fingerprint density at radius 3 is 1.78 bits per heavy atom. The number of alkyl halides is 6. The monoisotopic (exact) mass is 640 g/mol. The number of nitrogens with zero attached hydrogens (tertiary/aromatic N) is 1. The van der Waals surface area contributed by atoms with Crippen LogP contribution in [0.5, 0.6) is 0 Å². The summed E-state index contributed by atoms with van der Waals surface area (Å²) in [5.74, 6) is -0.197. The number of halogens is 6. The van der Waals surface area contributed by atoms with Crippen LogP contribution in [0, 0.1) is 0 Å². The highest BCUT2D eigenvalue weighted by Crippen LogP contribution is 2.46. The van der Waals surface area contributed by atoms with Crippen LogP contribution in [0.1, 0.15) is 53.1 Å². The molecule has 1 aliphatic rings. The van der Waals surface area contributed by atoms with Gasteiger partial charge in [-0.2, -0.15) is 26.3 Å². The molecule has 0 spiro atoms. The maximum Gasteiger partial charge on any atom is 0.416 e. The van der Waals surface area contributed by atoms with Crippen LogP contribution in [0.4, 0.5) is 26.3 Å². The molecule has 4 aromatic carbocycles. The van der Waals surface area contributed by atoms with Gasteiger partial charge in [0.2, 0.25) is 5.91 Å². The van der Waals surface area contributed by atoms with Crippen LogP contribution in [0.3, 0.4) is 0 Å². The number of benzene rings is 4. The second kappa shape index (κ2) is 13.3. The number of likely N-dealkylation sites (tertiary alicyclic amines) is 1. The molecule has 10 heteroatoms. The minimum atomic E-state index is -4.96. The standard InChI is InChI=1S/C36H34F6N2O2/c1-26(45)43-33(29-13-7-3-8-14-29)17-18-34(30-15-9-4-10-16-30,44(24-33)22-27-11-5-2-6-12-27)25-46-23-28-19-31(35(37,38)39)21-32(20-28)36(40,41)42/h2-16,19-21H,17-18,22-25H2,1H3,(H,43,45)/t33-,34-/m0/s1. The molecular formula is C36H34F6N2O2. The molecule has 0 bridgehead atoms. The number of piperidine rings is 1. The molecular weight excluding hydrogens is 606 g/mol. The molecule has 0 aromatic heterocycles. The summed E-state index contributed by atoms with van der Waals surface area (Å²) in [4.78, 5) is 14.8. The first kappa shape index (κ1) is 33.2. The first-order chi connectivity index (χ1) is 21.8. The van der Waals surface area contributed by atoms with Crippen molar-refractivity contribution in [1.29, 1.82) is 0 Å². The molecule has 242 valence electrons. The van der Waals surface area contributed by atoms with Crippen LogP contribution in [0.2, 0.25) is 0 Å². The number of amides is 1. The van der Waals surface area contributed by atoms with E-state index < -0.39 is 41.2 Å². The molecule has 4 nitrogen and oxygen atoms in total. The lowest BCUT2D eigenvalue weighted by Crippen LogP contribution is -2.63. The number of rotatable bonds is 9. The fourth-order valence-corrected chi connectivity index (χ4v) is 6.41. The van der Waals surface area contributed by atoms with E-state index in [1.807, 2.05) is 91.0 Å². The van der Waals surface area contributed by atoms with Crippen molar-refractivity contribution in [3.05, 3.63) is 143 Å². The Hall–Kier alpha value is -4.15. The predicted molar refractivity (Wildman–Crippen MR) is 162 cm³/mol. The number of ether oxygens (including phenoxy) is 1. The minimum absolute atomic E-state index is 0.0214. The Labute approximate surface area is 264 Å². The summed E-state index contributed by atoms with van der Waals surface area (Å²) in [5, 5.41) is 3.20. The average Bonchev–Trinajstić information content (AvgIpc) is 3.02. The van der Waals surface area contributed by atoms with Gasteiger partial charge in [-0.1, -0.05) is 91.0 Å². The highest BCUT2D eigenvalue weighted by Gasteiger charge is 2.50. The average molecular weight is 641 g/mol. The lowest BCUT2D eigenvalue weighted by atomic mass is 9.71. The van der Waals surface area contributed by atoms with Crippen LogP contribution in [0.25, 0.3) is 0 Å². The summed E-state index contributed by atoms with van der Waals surface area (Å²) in [6.45, 7) is 1.79. The second-order valence-corrected chi connectivity index (χ2v) is 11.8. The Balaban J connectivity index is 1.55. The van der Waals surface area contributed by atoms with E-state index in [1.165, 1.54) is 6.92 Å². The topological polar surface area (TPSA) is 41.6 Å². The van der Waals surface area contributed by atoms with Gasteiger partial charge in [-0.3, -0.25) is 9.69 Å². The molecule has 1 N–H and O–H groups in total. The number of nitrogens with one attached hydrogen (secondary N) is 1. The number of hydrogen-bond donors (Lipinski definition) is 1. The molecule has 1 heterocycles. The maximum absolute atomic E-state index is 13.5. The quantitative estimate of drug-likeness (QED) is 0.187. The molecule has 0 aliphatic carbocycles. The summed E-state index contributed by atoms with van der Waals surface area (Å²) in [6, 6.07) is 30.4. The SMILES string of the molecule is CC(=O)N[C@@]1(c2ccccc2)CC[C@](COCc2cc(C(F)(F)F)cc(C(F)(F)F)c2)(c2ccccc2)N(Cc2ccccc2)C1. The predicted octanol–water partition coefficient (Wildman–Crippen LogP) is 8.46. The van der Waals surface area contributed by atoms with Gasteiger partial charge >= 0.3 is 12.4 Å². The first-order valence-electron chi connectivity index (χ1n) is 14.9. The summed E-state index contributed by atoms with van der Waals surface area (Å²) < 4.78 is 87.4. The molecule has 1 saturated heterocycles. The normalized spacial score (nSPS) is 20.8. The highest BCUT2D eigenvalue weighted by atomic mass is 19.4. The van der Waals surface area contributed by atoms with Crippen LogP contribution in [-0.2, 0) is 46.1 Å². The second-order valence-electron chi connectivity index (χ2n) is 11.8. The summed E-state index contributed by atoms with van der Waals surface area (Å²) in [6.07, 6.45) is -8.94. The summed E-state index contributed by atoms with van der Waals surface area (Å²) in [5.41, 5.74) is -1.79. The van der Waals surface area contributed by atoms with Crippen molar-refractivity contribution >= 4 is 5.91 Å². The molecule has 0 unspecified atom stereocenters. The van der Waals surface area contributed by atoms with E-state index in [0.717, 1.165) is 16.7 Å². The third kappa shape index (κ3) is 7.45. The van der Waals surface area contributed by atoms with E-state index in [2.05, 4.69) is 10.2 Å². The van der Waals surface area contributed by atoms with Gasteiger partial charge in [-0.15, -0.1) is 0 Å². The van der Waals surface area contributed by atoms with Gasteiger partial charge in [0.15, 0.2) is 0 Å². The van der Waals surface area contributed by atoms with Gasteiger partial charge in [0.25, 0.3) is 0 Å². The zero-order chi connectivity index (χ0) is 33.0. The first-order valence-corrected chi connectivity index (χ1v) is 14.9. The fourth-order valence-electron chi connectivity index (χ4n) is 6.41. The third-order valence-corrected chi connectivity index (χ3v) is 8.56.